The SMILES string of the molecule is COC(=O)C(C)(C)c1ccc(Nc2cc(-c3cccc(-n4ncc5c(C(C)(C)C)ccc(F)c5c4=O)c3C=O)cn(C)c2=O)nc1. The number of hydrogen-bond donors (Lipinski definition) is 1. The van der Waals surface area contributed by atoms with Crippen molar-refractivity contribution in [2.24, 2.45) is 7.05 Å². The monoisotopic (exact) mass is 623 g/mol. The minimum atomic E-state index is -0.922. The van der Waals surface area contributed by atoms with Crippen LogP contribution in [0.15, 0.2) is 76.7 Å². The third-order valence-corrected chi connectivity index (χ3v) is 8.08. The number of anilines is 2. The lowest BCUT2D eigenvalue weighted by Crippen LogP contribution is -2.30. The molecular formula is C35H34FN5O5. The second-order valence-corrected chi connectivity index (χ2v) is 12.6. The van der Waals surface area contributed by atoms with E-state index in [2.05, 4.69) is 15.4 Å². The van der Waals surface area contributed by atoms with Gasteiger partial charge in [0.1, 0.15) is 17.3 Å². The lowest BCUT2D eigenvalue weighted by Gasteiger charge is -2.22. The van der Waals surface area contributed by atoms with E-state index in [1.165, 1.54) is 30.1 Å². The third-order valence-electron chi connectivity index (χ3n) is 8.08. The third kappa shape index (κ3) is 5.60. The summed E-state index contributed by atoms with van der Waals surface area (Å²) in [5.41, 5.74) is 0.431. The standard InChI is InChI=1S/C35H34FN5O5/c1-34(2,3)25-12-13-26(36)30-23(25)17-38-41(32(30)44)28-10-8-9-22(24(28)19-42)20-15-27(31(43)40(6)18-20)39-29-14-11-21(16-37-29)35(4,5)33(45)46-7/h8-19H,1-7H3,(H,37,39). The van der Waals surface area contributed by atoms with Crippen molar-refractivity contribution < 1.29 is 18.7 Å². The fourth-order valence-corrected chi connectivity index (χ4v) is 5.45. The summed E-state index contributed by atoms with van der Waals surface area (Å²) >= 11 is 0. The second-order valence-electron chi connectivity index (χ2n) is 12.6. The molecule has 0 bridgehead atoms. The molecule has 3 aromatic heterocycles. The second kappa shape index (κ2) is 11.8. The van der Waals surface area contributed by atoms with Crippen LogP contribution in [-0.4, -0.2) is 38.7 Å². The van der Waals surface area contributed by atoms with Crippen molar-refractivity contribution in [2.45, 2.75) is 45.4 Å². The fraction of sp³-hybridized carbons (Fsp3) is 0.257. The molecular weight excluding hydrogens is 589 g/mol. The lowest BCUT2D eigenvalue weighted by atomic mass is 9.84. The first-order chi connectivity index (χ1) is 21.7. The zero-order chi connectivity index (χ0) is 33.6. The van der Waals surface area contributed by atoms with Gasteiger partial charge in [-0.05, 0) is 60.2 Å². The van der Waals surface area contributed by atoms with Gasteiger partial charge in [0, 0.05) is 36.0 Å². The van der Waals surface area contributed by atoms with E-state index >= 15 is 4.39 Å². The number of methoxy groups -OCH3 is 1. The van der Waals surface area contributed by atoms with Crippen molar-refractivity contribution >= 4 is 34.5 Å². The Hall–Kier alpha value is -5.45. The highest BCUT2D eigenvalue weighted by molar-refractivity contribution is 5.93. The molecule has 236 valence electrons. The molecule has 0 unspecified atom stereocenters. The molecule has 11 heteroatoms. The van der Waals surface area contributed by atoms with Crippen LogP contribution in [0, 0.1) is 5.82 Å². The van der Waals surface area contributed by atoms with Gasteiger partial charge in [-0.25, -0.2) is 9.37 Å². The van der Waals surface area contributed by atoms with Gasteiger partial charge in [0.2, 0.25) is 0 Å². The molecule has 0 aliphatic rings. The van der Waals surface area contributed by atoms with E-state index in [9.17, 15) is 19.2 Å². The van der Waals surface area contributed by atoms with E-state index in [0.29, 0.717) is 34.2 Å². The molecule has 3 heterocycles. The molecule has 5 aromatic rings. The summed E-state index contributed by atoms with van der Waals surface area (Å²) in [5.74, 6) is -0.741. The van der Waals surface area contributed by atoms with Crippen molar-refractivity contribution in [3.8, 4) is 16.8 Å². The number of fused-ring (bicyclic) bond motifs is 1. The van der Waals surface area contributed by atoms with Crippen LogP contribution in [0.4, 0.5) is 15.9 Å². The van der Waals surface area contributed by atoms with E-state index in [1.54, 1.807) is 69.6 Å². The summed E-state index contributed by atoms with van der Waals surface area (Å²) in [6.07, 6.45) is 5.15. The minimum Gasteiger partial charge on any atom is -0.468 e. The molecule has 2 aromatic carbocycles. The molecule has 0 amide bonds. The fourth-order valence-electron chi connectivity index (χ4n) is 5.45. The zero-order valence-electron chi connectivity index (χ0n) is 26.6. The van der Waals surface area contributed by atoms with Crippen LogP contribution in [0.3, 0.4) is 0 Å². The molecule has 0 aliphatic carbocycles. The van der Waals surface area contributed by atoms with E-state index in [-0.39, 0.29) is 33.3 Å². The van der Waals surface area contributed by atoms with Gasteiger partial charge in [0.05, 0.1) is 29.8 Å². The number of rotatable bonds is 7. The zero-order valence-corrected chi connectivity index (χ0v) is 26.6. The highest BCUT2D eigenvalue weighted by atomic mass is 19.1. The van der Waals surface area contributed by atoms with Crippen LogP contribution in [0.2, 0.25) is 0 Å². The first-order valence-corrected chi connectivity index (χ1v) is 14.5. The number of hydrogen-bond acceptors (Lipinski definition) is 8. The Morgan fingerprint density at radius 1 is 1.00 bits per heavy atom. The van der Waals surface area contributed by atoms with Crippen LogP contribution in [-0.2, 0) is 27.4 Å². The molecule has 0 radical (unpaired) electrons. The number of benzene rings is 2. The number of esters is 1. The average Bonchev–Trinajstić information content (AvgIpc) is 3.02. The van der Waals surface area contributed by atoms with Gasteiger partial charge >= 0.3 is 5.97 Å². The number of aromatic nitrogens is 4. The summed E-state index contributed by atoms with van der Waals surface area (Å²) in [5, 5.41) is 7.66. The lowest BCUT2D eigenvalue weighted by molar-refractivity contribution is -0.146. The Balaban J connectivity index is 1.59. The Kier molecular flexibility index (Phi) is 8.20. The molecule has 0 aliphatic heterocycles. The number of aryl methyl sites for hydroxylation is 1. The molecule has 0 spiro atoms. The number of nitrogens with one attached hydrogen (secondary N) is 1. The van der Waals surface area contributed by atoms with Crippen molar-refractivity contribution in [3.05, 3.63) is 110 Å². The average molecular weight is 624 g/mol. The van der Waals surface area contributed by atoms with Crippen molar-refractivity contribution in [1.29, 1.82) is 0 Å². The van der Waals surface area contributed by atoms with Gasteiger partial charge in [-0.1, -0.05) is 45.0 Å². The predicted molar refractivity (Wildman–Crippen MR) is 175 cm³/mol. The largest absolute Gasteiger partial charge is 0.468 e. The van der Waals surface area contributed by atoms with Crippen LogP contribution in [0.25, 0.3) is 27.6 Å². The van der Waals surface area contributed by atoms with Crippen LogP contribution in [0.5, 0.6) is 0 Å². The van der Waals surface area contributed by atoms with Crippen LogP contribution >= 0.6 is 0 Å². The maximum atomic E-state index is 15.1. The van der Waals surface area contributed by atoms with Gasteiger partial charge in [-0.3, -0.25) is 19.2 Å². The Labute approximate surface area is 264 Å². The van der Waals surface area contributed by atoms with Gasteiger partial charge in [-0.2, -0.15) is 9.78 Å². The van der Waals surface area contributed by atoms with Gasteiger partial charge in [0.15, 0.2) is 6.29 Å². The number of pyridine rings is 2. The van der Waals surface area contributed by atoms with E-state index < -0.39 is 22.8 Å². The Morgan fingerprint density at radius 2 is 1.74 bits per heavy atom. The predicted octanol–water partition coefficient (Wildman–Crippen LogP) is 5.59. The van der Waals surface area contributed by atoms with Gasteiger partial charge in [0.25, 0.3) is 11.1 Å². The summed E-state index contributed by atoms with van der Waals surface area (Å²) in [7, 11) is 2.89. The molecule has 0 atom stereocenters. The molecule has 10 nitrogen and oxygen atoms in total. The van der Waals surface area contributed by atoms with Crippen molar-refractivity contribution in [1.82, 2.24) is 19.3 Å². The summed E-state index contributed by atoms with van der Waals surface area (Å²) in [6.45, 7) is 9.34. The normalized spacial score (nSPS) is 11.8. The van der Waals surface area contributed by atoms with E-state index in [1.807, 2.05) is 20.8 Å². The highest BCUT2D eigenvalue weighted by Crippen LogP contribution is 2.32. The number of nitrogens with zero attached hydrogens (tertiary/aromatic N) is 4. The van der Waals surface area contributed by atoms with E-state index in [0.717, 1.165) is 10.2 Å². The summed E-state index contributed by atoms with van der Waals surface area (Å²) < 4.78 is 22.4. The molecule has 0 saturated carbocycles. The smallest absolute Gasteiger partial charge is 0.315 e. The highest BCUT2D eigenvalue weighted by Gasteiger charge is 2.31. The molecule has 46 heavy (non-hydrogen) atoms. The molecule has 0 fully saturated rings. The first kappa shape index (κ1) is 32.0. The van der Waals surface area contributed by atoms with Crippen LogP contribution < -0.4 is 16.4 Å². The van der Waals surface area contributed by atoms with E-state index in [4.69, 9.17) is 4.74 Å². The Bertz CT molecular complexity index is 2130. The molecule has 5 rings (SSSR count). The summed E-state index contributed by atoms with van der Waals surface area (Å²) in [6, 6.07) is 12.8. The van der Waals surface area contributed by atoms with Crippen molar-refractivity contribution in [3.63, 3.8) is 0 Å². The Morgan fingerprint density at radius 3 is 2.37 bits per heavy atom. The van der Waals surface area contributed by atoms with Gasteiger partial charge < -0.3 is 14.6 Å². The number of aldehydes is 1. The molecule has 0 saturated heterocycles. The first-order valence-electron chi connectivity index (χ1n) is 14.5. The maximum Gasteiger partial charge on any atom is 0.315 e. The summed E-state index contributed by atoms with van der Waals surface area (Å²) in [4.78, 5) is 56.0. The van der Waals surface area contributed by atoms with Gasteiger partial charge in [-0.15, -0.1) is 0 Å². The maximum absolute atomic E-state index is 15.1. The van der Waals surface area contributed by atoms with Crippen molar-refractivity contribution in [2.75, 3.05) is 12.4 Å². The molecule has 1 N–H and O–H groups in total. The number of carbonyl (C=O) groups excluding carboxylic acids is 2. The number of halogens is 1. The topological polar surface area (TPSA) is 125 Å². The number of ether oxygens (including phenoxy) is 1. The minimum absolute atomic E-state index is 0.119. The quantitative estimate of drug-likeness (QED) is 0.184. The van der Waals surface area contributed by atoms with Crippen LogP contribution in [0.1, 0.15) is 56.1 Å². The number of carbonyl (C=O) groups is 2.